The molecule has 0 fully saturated rings. The summed E-state index contributed by atoms with van der Waals surface area (Å²) < 4.78 is 0. The van der Waals surface area contributed by atoms with Crippen molar-refractivity contribution >= 4 is 23.4 Å². The van der Waals surface area contributed by atoms with Crippen LogP contribution < -0.4 is 4.90 Å². The molecule has 0 saturated carbocycles. The van der Waals surface area contributed by atoms with Crippen molar-refractivity contribution in [2.75, 3.05) is 18.0 Å². The summed E-state index contributed by atoms with van der Waals surface area (Å²) in [5, 5.41) is 9.22. The van der Waals surface area contributed by atoms with Crippen LogP contribution in [0.1, 0.15) is 37.0 Å². The Kier molecular flexibility index (Phi) is 5.22. The van der Waals surface area contributed by atoms with Crippen LogP contribution in [0.4, 0.5) is 5.82 Å². The minimum atomic E-state index is -1.02. The molecule has 0 aromatic carbocycles. The molecule has 1 heterocycles. The summed E-state index contributed by atoms with van der Waals surface area (Å²) in [5.74, 6) is -0.457. The molecule has 0 unspecified atom stereocenters. The van der Waals surface area contributed by atoms with E-state index >= 15 is 0 Å². The second-order valence-corrected chi connectivity index (χ2v) is 4.17. The molecule has 4 nitrogen and oxygen atoms in total. The molecule has 1 aromatic rings. The molecule has 1 rings (SSSR count). The third-order valence-corrected chi connectivity index (χ3v) is 2.76. The lowest BCUT2D eigenvalue weighted by Gasteiger charge is -2.23. The highest BCUT2D eigenvalue weighted by atomic mass is 35.5. The number of aromatic nitrogens is 1. The predicted molar refractivity (Wildman–Crippen MR) is 69.0 cm³/mol. The molecule has 0 amide bonds. The number of rotatable bonds is 6. The number of nitrogens with zero attached hydrogens (tertiary/aromatic N) is 2. The van der Waals surface area contributed by atoms with Gasteiger partial charge in [-0.1, -0.05) is 25.4 Å². The Balaban J connectivity index is 3.10. The lowest BCUT2D eigenvalue weighted by atomic mass is 10.2. The van der Waals surface area contributed by atoms with Crippen molar-refractivity contribution in [2.24, 2.45) is 0 Å². The first-order valence-electron chi connectivity index (χ1n) is 5.74. The Morgan fingerprint density at radius 1 is 1.41 bits per heavy atom. The van der Waals surface area contributed by atoms with Gasteiger partial charge >= 0.3 is 5.97 Å². The molecule has 17 heavy (non-hydrogen) atoms. The van der Waals surface area contributed by atoms with Gasteiger partial charge in [0.1, 0.15) is 5.82 Å². The molecule has 0 bridgehead atoms. The smallest absolute Gasteiger partial charge is 0.337 e. The molecule has 0 aliphatic carbocycles. The number of carboxylic acid groups (broad SMARTS) is 1. The van der Waals surface area contributed by atoms with Gasteiger partial charge in [-0.2, -0.15) is 0 Å². The maximum atomic E-state index is 11.0. The third-order valence-electron chi connectivity index (χ3n) is 2.39. The number of hydrogen-bond donors (Lipinski definition) is 1. The third kappa shape index (κ3) is 3.33. The van der Waals surface area contributed by atoms with Gasteiger partial charge in [0.2, 0.25) is 0 Å². The van der Waals surface area contributed by atoms with Crippen LogP contribution in [0.2, 0.25) is 5.02 Å². The summed E-state index contributed by atoms with van der Waals surface area (Å²) in [6.45, 7) is 5.78. The maximum Gasteiger partial charge on any atom is 0.337 e. The summed E-state index contributed by atoms with van der Waals surface area (Å²) in [6, 6.07) is 1.42. The largest absolute Gasteiger partial charge is 0.478 e. The predicted octanol–water partition coefficient (Wildman–Crippen LogP) is 3.06. The fourth-order valence-electron chi connectivity index (χ4n) is 1.68. The molecule has 0 aliphatic rings. The first-order valence-corrected chi connectivity index (χ1v) is 6.12. The molecule has 94 valence electrons. The van der Waals surface area contributed by atoms with Crippen LogP contribution in [-0.4, -0.2) is 29.1 Å². The van der Waals surface area contributed by atoms with E-state index < -0.39 is 5.97 Å². The summed E-state index contributed by atoms with van der Waals surface area (Å²) in [4.78, 5) is 17.2. The highest BCUT2D eigenvalue weighted by Crippen LogP contribution is 2.27. The van der Waals surface area contributed by atoms with Crippen molar-refractivity contribution in [3.05, 3.63) is 22.8 Å². The lowest BCUT2D eigenvalue weighted by Crippen LogP contribution is -2.26. The van der Waals surface area contributed by atoms with Crippen LogP contribution in [0.3, 0.4) is 0 Å². The zero-order valence-corrected chi connectivity index (χ0v) is 10.9. The van der Waals surface area contributed by atoms with E-state index in [1.54, 1.807) is 0 Å². The average molecular weight is 257 g/mol. The van der Waals surface area contributed by atoms with Crippen LogP contribution in [0.5, 0.6) is 0 Å². The minimum Gasteiger partial charge on any atom is -0.478 e. The highest BCUT2D eigenvalue weighted by molar-refractivity contribution is 6.35. The van der Waals surface area contributed by atoms with E-state index in [0.29, 0.717) is 5.82 Å². The lowest BCUT2D eigenvalue weighted by molar-refractivity contribution is 0.0697. The average Bonchev–Trinajstić information content (AvgIpc) is 2.29. The van der Waals surface area contributed by atoms with Crippen molar-refractivity contribution in [3.63, 3.8) is 0 Å². The Labute approximate surface area is 106 Å². The number of halogens is 1. The normalized spacial score (nSPS) is 10.3. The number of aromatic carboxylic acids is 1. The maximum absolute atomic E-state index is 11.0. The summed E-state index contributed by atoms with van der Waals surface area (Å²) in [7, 11) is 0. The van der Waals surface area contributed by atoms with Crippen LogP contribution in [-0.2, 0) is 0 Å². The zero-order valence-electron chi connectivity index (χ0n) is 10.1. The van der Waals surface area contributed by atoms with E-state index in [9.17, 15) is 4.79 Å². The first kappa shape index (κ1) is 13.8. The van der Waals surface area contributed by atoms with Gasteiger partial charge in [0.15, 0.2) is 0 Å². The van der Waals surface area contributed by atoms with Crippen molar-refractivity contribution in [1.29, 1.82) is 0 Å². The fourth-order valence-corrected chi connectivity index (χ4v) is 1.99. The van der Waals surface area contributed by atoms with Gasteiger partial charge in [-0.25, -0.2) is 9.78 Å². The first-order chi connectivity index (χ1) is 8.11. The Hall–Kier alpha value is -1.29. The molecular formula is C12H17ClN2O2. The van der Waals surface area contributed by atoms with E-state index in [-0.39, 0.29) is 10.6 Å². The standard InChI is InChI=1S/C12H17ClN2O2/c1-3-7-15(8-4-2)11-10(13)9(12(16)17)5-6-14-11/h5-6H,3-4,7-8H2,1-2H3,(H,16,17). The van der Waals surface area contributed by atoms with Gasteiger partial charge in [0.25, 0.3) is 0 Å². The highest BCUT2D eigenvalue weighted by Gasteiger charge is 2.17. The number of hydrogen-bond acceptors (Lipinski definition) is 3. The van der Waals surface area contributed by atoms with E-state index in [1.807, 2.05) is 4.90 Å². The van der Waals surface area contributed by atoms with E-state index in [1.165, 1.54) is 12.3 Å². The fraction of sp³-hybridized carbons (Fsp3) is 0.500. The van der Waals surface area contributed by atoms with Crippen molar-refractivity contribution in [3.8, 4) is 0 Å². The second-order valence-electron chi connectivity index (χ2n) is 3.79. The van der Waals surface area contributed by atoms with Gasteiger partial charge in [0.05, 0.1) is 10.6 Å². The molecule has 0 spiro atoms. The van der Waals surface area contributed by atoms with Crippen LogP contribution in [0, 0.1) is 0 Å². The molecule has 0 radical (unpaired) electrons. The van der Waals surface area contributed by atoms with Crippen LogP contribution in [0.15, 0.2) is 12.3 Å². The molecule has 1 aromatic heterocycles. The quantitative estimate of drug-likeness (QED) is 0.850. The van der Waals surface area contributed by atoms with Crippen LogP contribution >= 0.6 is 11.6 Å². The van der Waals surface area contributed by atoms with E-state index in [0.717, 1.165) is 25.9 Å². The zero-order chi connectivity index (χ0) is 12.8. The Morgan fingerprint density at radius 2 is 2.00 bits per heavy atom. The van der Waals surface area contributed by atoms with Gasteiger partial charge in [-0.15, -0.1) is 0 Å². The minimum absolute atomic E-state index is 0.105. The Morgan fingerprint density at radius 3 is 2.47 bits per heavy atom. The molecule has 0 atom stereocenters. The number of carboxylic acids is 1. The van der Waals surface area contributed by atoms with Crippen molar-refractivity contribution in [1.82, 2.24) is 4.98 Å². The topological polar surface area (TPSA) is 53.4 Å². The molecule has 0 saturated heterocycles. The number of pyridine rings is 1. The number of carbonyl (C=O) groups is 1. The summed E-state index contributed by atoms with van der Waals surface area (Å²) in [6.07, 6.45) is 3.42. The van der Waals surface area contributed by atoms with Gasteiger partial charge < -0.3 is 10.0 Å². The van der Waals surface area contributed by atoms with Gasteiger partial charge in [0, 0.05) is 19.3 Å². The molecule has 5 heteroatoms. The van der Waals surface area contributed by atoms with Crippen molar-refractivity contribution < 1.29 is 9.90 Å². The summed E-state index contributed by atoms with van der Waals surface area (Å²) >= 11 is 6.08. The second kappa shape index (κ2) is 6.45. The van der Waals surface area contributed by atoms with Gasteiger partial charge in [-0.05, 0) is 18.9 Å². The van der Waals surface area contributed by atoms with Crippen LogP contribution in [0.25, 0.3) is 0 Å². The SMILES string of the molecule is CCCN(CCC)c1nccc(C(=O)O)c1Cl. The molecule has 0 aliphatic heterocycles. The van der Waals surface area contributed by atoms with Gasteiger partial charge in [-0.3, -0.25) is 0 Å². The van der Waals surface area contributed by atoms with E-state index in [2.05, 4.69) is 18.8 Å². The monoisotopic (exact) mass is 256 g/mol. The molecule has 1 N–H and O–H groups in total. The summed E-state index contributed by atoms with van der Waals surface area (Å²) in [5.41, 5.74) is 0.105. The molecular weight excluding hydrogens is 240 g/mol. The Bertz CT molecular complexity index is 390. The van der Waals surface area contributed by atoms with Crippen molar-refractivity contribution in [2.45, 2.75) is 26.7 Å². The number of anilines is 1. The van der Waals surface area contributed by atoms with E-state index in [4.69, 9.17) is 16.7 Å².